The second kappa shape index (κ2) is 4.42. The number of H-pyrrole nitrogens is 1. The van der Waals surface area contributed by atoms with Crippen LogP contribution in [0.1, 0.15) is 5.56 Å². The average Bonchev–Trinajstić information content (AvgIpc) is 2.76. The van der Waals surface area contributed by atoms with Crippen LogP contribution in [-0.4, -0.2) is 9.97 Å². The first kappa shape index (κ1) is 12.3. The van der Waals surface area contributed by atoms with Crippen LogP contribution in [0.4, 0.5) is 8.78 Å². The highest BCUT2D eigenvalue weighted by atomic mass is 79.9. The van der Waals surface area contributed by atoms with E-state index >= 15 is 0 Å². The van der Waals surface area contributed by atoms with Gasteiger partial charge in [0.25, 0.3) is 0 Å². The van der Waals surface area contributed by atoms with E-state index in [1.54, 1.807) is 0 Å². The third-order valence-electron chi connectivity index (χ3n) is 2.94. The number of aromatic nitrogens is 2. The maximum absolute atomic E-state index is 13.6. The van der Waals surface area contributed by atoms with Crippen molar-refractivity contribution >= 4 is 27.0 Å². The number of nitrogens with zero attached hydrogens (tertiary/aromatic N) is 1. The van der Waals surface area contributed by atoms with E-state index in [4.69, 9.17) is 0 Å². The van der Waals surface area contributed by atoms with Gasteiger partial charge in [-0.3, -0.25) is 0 Å². The van der Waals surface area contributed by atoms with Crippen molar-refractivity contribution in [3.05, 3.63) is 52.0 Å². The van der Waals surface area contributed by atoms with Gasteiger partial charge >= 0.3 is 0 Å². The SMILES string of the molecule is Cc1cc(-c2nc3c(F)cc(F)cc3[nH]2)ccc1Br. The van der Waals surface area contributed by atoms with Crippen LogP contribution >= 0.6 is 15.9 Å². The number of rotatable bonds is 1. The second-order valence-corrected chi connectivity index (χ2v) is 5.19. The van der Waals surface area contributed by atoms with Gasteiger partial charge in [0.1, 0.15) is 17.2 Å². The zero-order valence-electron chi connectivity index (χ0n) is 9.97. The summed E-state index contributed by atoms with van der Waals surface area (Å²) in [6.45, 7) is 1.95. The molecule has 2 nitrogen and oxygen atoms in total. The summed E-state index contributed by atoms with van der Waals surface area (Å²) in [5.74, 6) is -0.756. The van der Waals surface area contributed by atoms with Crippen LogP contribution < -0.4 is 0 Å². The van der Waals surface area contributed by atoms with E-state index in [0.29, 0.717) is 11.3 Å². The number of aryl methyl sites for hydroxylation is 1. The van der Waals surface area contributed by atoms with E-state index in [-0.39, 0.29) is 5.52 Å². The van der Waals surface area contributed by atoms with Gasteiger partial charge in [0.15, 0.2) is 5.82 Å². The molecule has 0 aliphatic heterocycles. The van der Waals surface area contributed by atoms with Gasteiger partial charge in [-0.05, 0) is 30.7 Å². The zero-order valence-corrected chi connectivity index (χ0v) is 11.6. The van der Waals surface area contributed by atoms with Crippen molar-refractivity contribution in [2.24, 2.45) is 0 Å². The van der Waals surface area contributed by atoms with E-state index in [1.165, 1.54) is 6.07 Å². The van der Waals surface area contributed by atoms with Crippen LogP contribution in [0, 0.1) is 18.6 Å². The van der Waals surface area contributed by atoms with Gasteiger partial charge in [0.2, 0.25) is 0 Å². The molecular weight excluding hydrogens is 314 g/mol. The summed E-state index contributed by atoms with van der Waals surface area (Å²) < 4.78 is 27.7. The molecule has 1 N–H and O–H groups in total. The molecule has 0 amide bonds. The molecule has 96 valence electrons. The lowest BCUT2D eigenvalue weighted by molar-refractivity contribution is 0.591. The summed E-state index contributed by atoms with van der Waals surface area (Å²) in [6.07, 6.45) is 0. The molecule has 0 bridgehead atoms. The van der Waals surface area contributed by atoms with Crippen molar-refractivity contribution in [3.8, 4) is 11.4 Å². The predicted octanol–water partition coefficient (Wildman–Crippen LogP) is 4.58. The number of aromatic amines is 1. The maximum Gasteiger partial charge on any atom is 0.153 e. The van der Waals surface area contributed by atoms with Crippen LogP contribution in [-0.2, 0) is 0 Å². The molecule has 0 saturated carbocycles. The van der Waals surface area contributed by atoms with Crippen molar-refractivity contribution in [3.63, 3.8) is 0 Å². The minimum Gasteiger partial charge on any atom is -0.338 e. The lowest BCUT2D eigenvalue weighted by Crippen LogP contribution is -1.83. The summed E-state index contributed by atoms with van der Waals surface area (Å²) in [5.41, 5.74) is 2.38. The van der Waals surface area contributed by atoms with Crippen LogP contribution in [0.3, 0.4) is 0 Å². The van der Waals surface area contributed by atoms with Gasteiger partial charge in [-0.15, -0.1) is 0 Å². The number of fused-ring (bicyclic) bond motifs is 1. The van der Waals surface area contributed by atoms with E-state index < -0.39 is 11.6 Å². The van der Waals surface area contributed by atoms with Crippen molar-refractivity contribution < 1.29 is 8.78 Å². The second-order valence-electron chi connectivity index (χ2n) is 4.33. The summed E-state index contributed by atoms with van der Waals surface area (Å²) in [6, 6.07) is 7.76. The monoisotopic (exact) mass is 322 g/mol. The van der Waals surface area contributed by atoms with E-state index in [9.17, 15) is 8.78 Å². The van der Waals surface area contributed by atoms with Gasteiger partial charge in [0, 0.05) is 16.1 Å². The normalized spacial score (nSPS) is 11.2. The number of hydrogen-bond donors (Lipinski definition) is 1. The first-order valence-electron chi connectivity index (χ1n) is 5.66. The molecule has 3 aromatic rings. The summed E-state index contributed by atoms with van der Waals surface area (Å²) in [4.78, 5) is 7.12. The van der Waals surface area contributed by atoms with Crippen molar-refractivity contribution in [1.82, 2.24) is 9.97 Å². The van der Waals surface area contributed by atoms with Crippen molar-refractivity contribution in [2.45, 2.75) is 6.92 Å². The molecule has 19 heavy (non-hydrogen) atoms. The smallest absolute Gasteiger partial charge is 0.153 e. The topological polar surface area (TPSA) is 28.7 Å². The Morgan fingerprint density at radius 1 is 1.16 bits per heavy atom. The zero-order chi connectivity index (χ0) is 13.6. The third-order valence-corrected chi connectivity index (χ3v) is 3.83. The molecule has 0 aliphatic carbocycles. The van der Waals surface area contributed by atoms with Crippen molar-refractivity contribution in [2.75, 3.05) is 0 Å². The molecule has 3 rings (SSSR count). The van der Waals surface area contributed by atoms with E-state index in [0.717, 1.165) is 21.7 Å². The standard InChI is InChI=1S/C14H9BrF2N2/c1-7-4-8(2-3-10(7)15)14-18-12-6-9(16)5-11(17)13(12)19-14/h2-6H,1H3,(H,18,19). The highest BCUT2D eigenvalue weighted by molar-refractivity contribution is 9.10. The lowest BCUT2D eigenvalue weighted by Gasteiger charge is -2.00. The number of nitrogens with one attached hydrogen (secondary N) is 1. The lowest BCUT2D eigenvalue weighted by atomic mass is 10.1. The molecule has 0 fully saturated rings. The minimum atomic E-state index is -0.661. The summed E-state index contributed by atoms with van der Waals surface area (Å²) in [5, 5.41) is 0. The number of halogens is 3. The Hall–Kier alpha value is -1.75. The van der Waals surface area contributed by atoms with Gasteiger partial charge < -0.3 is 4.98 Å². The molecule has 0 saturated heterocycles. The molecule has 0 atom stereocenters. The Morgan fingerprint density at radius 2 is 1.95 bits per heavy atom. The fraction of sp³-hybridized carbons (Fsp3) is 0.0714. The number of imidazole rings is 1. The van der Waals surface area contributed by atoms with E-state index in [1.807, 2.05) is 25.1 Å². The van der Waals surface area contributed by atoms with Crippen LogP contribution in [0.5, 0.6) is 0 Å². The molecule has 1 heterocycles. The fourth-order valence-corrected chi connectivity index (χ4v) is 2.22. The van der Waals surface area contributed by atoms with Gasteiger partial charge in [-0.1, -0.05) is 22.0 Å². The van der Waals surface area contributed by atoms with Gasteiger partial charge in [-0.25, -0.2) is 13.8 Å². The maximum atomic E-state index is 13.6. The molecular formula is C14H9BrF2N2. The van der Waals surface area contributed by atoms with Crippen molar-refractivity contribution in [1.29, 1.82) is 0 Å². The van der Waals surface area contributed by atoms with Crippen LogP contribution in [0.25, 0.3) is 22.4 Å². The Balaban J connectivity index is 2.20. The molecule has 0 radical (unpaired) electrons. The first-order chi connectivity index (χ1) is 9.04. The minimum absolute atomic E-state index is 0.150. The van der Waals surface area contributed by atoms with Crippen LogP contribution in [0.15, 0.2) is 34.8 Å². The first-order valence-corrected chi connectivity index (χ1v) is 6.45. The Bertz CT molecular complexity index is 780. The highest BCUT2D eigenvalue weighted by Gasteiger charge is 2.11. The average molecular weight is 323 g/mol. The summed E-state index contributed by atoms with van der Waals surface area (Å²) >= 11 is 3.42. The summed E-state index contributed by atoms with van der Waals surface area (Å²) in [7, 11) is 0. The number of hydrogen-bond acceptors (Lipinski definition) is 1. The molecule has 5 heteroatoms. The van der Waals surface area contributed by atoms with E-state index in [2.05, 4.69) is 25.9 Å². The van der Waals surface area contributed by atoms with Gasteiger partial charge in [-0.2, -0.15) is 0 Å². The quantitative estimate of drug-likeness (QED) is 0.698. The fourth-order valence-electron chi connectivity index (χ4n) is 1.97. The Labute approximate surface area is 116 Å². The third kappa shape index (κ3) is 2.14. The molecule has 1 aromatic heterocycles. The molecule has 0 spiro atoms. The molecule has 0 aliphatic rings. The Morgan fingerprint density at radius 3 is 2.68 bits per heavy atom. The largest absolute Gasteiger partial charge is 0.338 e. The number of benzene rings is 2. The molecule has 2 aromatic carbocycles. The van der Waals surface area contributed by atoms with Crippen LogP contribution in [0.2, 0.25) is 0 Å². The Kier molecular flexibility index (Phi) is 2.86. The van der Waals surface area contributed by atoms with Gasteiger partial charge in [0.05, 0.1) is 5.52 Å². The highest BCUT2D eigenvalue weighted by Crippen LogP contribution is 2.26. The predicted molar refractivity (Wildman–Crippen MR) is 73.9 cm³/mol. The molecule has 0 unspecified atom stereocenters.